The summed E-state index contributed by atoms with van der Waals surface area (Å²) in [6, 6.07) is 14.1. The maximum atomic E-state index is 11.8. The second-order valence-corrected chi connectivity index (χ2v) is 5.64. The first-order chi connectivity index (χ1) is 12.4. The lowest BCUT2D eigenvalue weighted by Gasteiger charge is -2.08. The van der Waals surface area contributed by atoms with Crippen molar-refractivity contribution in [3.63, 3.8) is 0 Å². The number of methoxy groups -OCH3 is 1. The highest BCUT2D eigenvalue weighted by Crippen LogP contribution is 2.25. The van der Waals surface area contributed by atoms with Gasteiger partial charge >= 0.3 is 11.9 Å². The Hall–Kier alpha value is -3.18. The standard InChI is InChI=1S/C21H20O5/c1-14(2)20(22)25-18-9-5-16(6-10-18)17-7-11-19(12-8-17)26-21(23)15(3)13-24-4/h5-12H,1,3,13H2,2,4H3. The molecule has 0 amide bonds. The molecule has 5 heteroatoms. The van der Waals surface area contributed by atoms with Gasteiger partial charge in [-0.3, -0.25) is 0 Å². The molecule has 134 valence electrons. The van der Waals surface area contributed by atoms with E-state index in [0.29, 0.717) is 17.1 Å². The van der Waals surface area contributed by atoms with Gasteiger partial charge in [0.25, 0.3) is 0 Å². The minimum Gasteiger partial charge on any atom is -0.423 e. The van der Waals surface area contributed by atoms with E-state index in [1.807, 2.05) is 24.3 Å². The third-order valence-corrected chi connectivity index (χ3v) is 3.42. The summed E-state index contributed by atoms with van der Waals surface area (Å²) in [5, 5.41) is 0. The lowest BCUT2D eigenvalue weighted by Crippen LogP contribution is -2.13. The Morgan fingerprint density at radius 1 is 0.808 bits per heavy atom. The zero-order chi connectivity index (χ0) is 19.1. The summed E-state index contributed by atoms with van der Waals surface area (Å²) in [6.07, 6.45) is 0. The molecule has 0 aliphatic heterocycles. The second kappa shape index (κ2) is 8.78. The van der Waals surface area contributed by atoms with Crippen LogP contribution in [0.4, 0.5) is 0 Å². The monoisotopic (exact) mass is 352 g/mol. The Labute approximate surface area is 152 Å². The van der Waals surface area contributed by atoms with Gasteiger partial charge in [-0.1, -0.05) is 37.4 Å². The molecule has 0 radical (unpaired) electrons. The van der Waals surface area contributed by atoms with Crippen molar-refractivity contribution in [2.24, 2.45) is 0 Å². The summed E-state index contributed by atoms with van der Waals surface area (Å²) in [6.45, 7) is 8.86. The van der Waals surface area contributed by atoms with Crippen LogP contribution in [0.5, 0.6) is 11.5 Å². The van der Waals surface area contributed by atoms with Crippen molar-refractivity contribution in [2.75, 3.05) is 13.7 Å². The largest absolute Gasteiger partial charge is 0.423 e. The van der Waals surface area contributed by atoms with Crippen molar-refractivity contribution in [3.05, 3.63) is 72.8 Å². The number of carbonyl (C=O) groups is 2. The normalized spacial score (nSPS) is 10.1. The molecule has 0 atom stereocenters. The molecule has 0 fully saturated rings. The summed E-state index contributed by atoms with van der Waals surface area (Å²) < 4.78 is 15.2. The molecule has 0 saturated carbocycles. The molecule has 2 aromatic rings. The highest BCUT2D eigenvalue weighted by atomic mass is 16.5. The van der Waals surface area contributed by atoms with Crippen LogP contribution in [-0.4, -0.2) is 25.7 Å². The van der Waals surface area contributed by atoms with E-state index in [1.165, 1.54) is 7.11 Å². The van der Waals surface area contributed by atoms with Crippen molar-refractivity contribution in [3.8, 4) is 22.6 Å². The van der Waals surface area contributed by atoms with Gasteiger partial charge in [-0.15, -0.1) is 0 Å². The minimum absolute atomic E-state index is 0.124. The molecule has 0 heterocycles. The van der Waals surface area contributed by atoms with Gasteiger partial charge in [0.1, 0.15) is 11.5 Å². The fourth-order valence-electron chi connectivity index (χ4n) is 2.04. The van der Waals surface area contributed by atoms with Crippen LogP contribution in [0.1, 0.15) is 6.92 Å². The molecule has 0 unspecified atom stereocenters. The molecule has 0 saturated heterocycles. The van der Waals surface area contributed by atoms with Crippen molar-refractivity contribution in [2.45, 2.75) is 6.92 Å². The number of hydrogen-bond donors (Lipinski definition) is 0. The number of ether oxygens (including phenoxy) is 3. The van der Waals surface area contributed by atoms with Gasteiger partial charge in [0.2, 0.25) is 0 Å². The first-order valence-electron chi connectivity index (χ1n) is 7.88. The average Bonchev–Trinajstić information content (AvgIpc) is 2.63. The molecule has 0 spiro atoms. The van der Waals surface area contributed by atoms with E-state index in [4.69, 9.17) is 14.2 Å². The highest BCUT2D eigenvalue weighted by molar-refractivity contribution is 5.90. The summed E-state index contributed by atoms with van der Waals surface area (Å²) in [5.74, 6) is -0.116. The van der Waals surface area contributed by atoms with Crippen molar-refractivity contribution in [1.29, 1.82) is 0 Å². The topological polar surface area (TPSA) is 61.8 Å². The molecule has 0 N–H and O–H groups in total. The molecular formula is C21H20O5. The zero-order valence-electron chi connectivity index (χ0n) is 14.8. The van der Waals surface area contributed by atoms with Gasteiger partial charge in [0.15, 0.2) is 0 Å². The Morgan fingerprint density at radius 2 is 1.23 bits per heavy atom. The molecule has 0 bridgehead atoms. The Balaban J connectivity index is 2.04. The van der Waals surface area contributed by atoms with E-state index in [0.717, 1.165) is 11.1 Å². The molecule has 0 aromatic heterocycles. The van der Waals surface area contributed by atoms with E-state index in [-0.39, 0.29) is 12.2 Å². The molecule has 0 aliphatic carbocycles. The first kappa shape index (κ1) is 19.1. The van der Waals surface area contributed by atoms with Gasteiger partial charge in [-0.2, -0.15) is 0 Å². The van der Waals surface area contributed by atoms with Gasteiger partial charge in [-0.25, -0.2) is 9.59 Å². The van der Waals surface area contributed by atoms with E-state index in [9.17, 15) is 9.59 Å². The number of carbonyl (C=O) groups excluding carboxylic acids is 2. The highest BCUT2D eigenvalue weighted by Gasteiger charge is 2.10. The van der Waals surface area contributed by atoms with E-state index < -0.39 is 11.9 Å². The maximum Gasteiger partial charge on any atom is 0.341 e. The minimum atomic E-state index is -0.525. The van der Waals surface area contributed by atoms with E-state index in [2.05, 4.69) is 13.2 Å². The van der Waals surface area contributed by atoms with E-state index in [1.54, 1.807) is 31.2 Å². The smallest absolute Gasteiger partial charge is 0.341 e. The van der Waals surface area contributed by atoms with Crippen LogP contribution < -0.4 is 9.47 Å². The van der Waals surface area contributed by atoms with Gasteiger partial charge in [0.05, 0.1) is 12.2 Å². The summed E-state index contributed by atoms with van der Waals surface area (Å²) in [5.41, 5.74) is 2.45. The molecule has 2 rings (SSSR count). The molecule has 26 heavy (non-hydrogen) atoms. The lowest BCUT2D eigenvalue weighted by molar-refractivity contribution is -0.131. The Morgan fingerprint density at radius 3 is 1.62 bits per heavy atom. The van der Waals surface area contributed by atoms with Gasteiger partial charge < -0.3 is 14.2 Å². The zero-order valence-corrected chi connectivity index (χ0v) is 14.8. The number of rotatable bonds is 7. The quantitative estimate of drug-likeness (QED) is 0.429. The maximum absolute atomic E-state index is 11.8. The predicted octanol–water partition coefficient (Wildman–Crippen LogP) is 3.94. The fraction of sp³-hybridized carbons (Fsp3) is 0.143. The van der Waals surface area contributed by atoms with Crippen LogP contribution in [0.3, 0.4) is 0 Å². The van der Waals surface area contributed by atoms with Crippen LogP contribution in [0.15, 0.2) is 72.8 Å². The van der Waals surface area contributed by atoms with Crippen molar-refractivity contribution in [1.82, 2.24) is 0 Å². The van der Waals surface area contributed by atoms with Crippen molar-refractivity contribution < 1.29 is 23.8 Å². The van der Waals surface area contributed by atoms with Crippen LogP contribution in [0, 0.1) is 0 Å². The SMILES string of the molecule is C=C(C)C(=O)Oc1ccc(-c2ccc(OC(=O)C(=C)COC)cc2)cc1. The third-order valence-electron chi connectivity index (χ3n) is 3.42. The summed E-state index contributed by atoms with van der Waals surface area (Å²) in [7, 11) is 1.48. The van der Waals surface area contributed by atoms with Crippen LogP contribution in [0.25, 0.3) is 11.1 Å². The predicted molar refractivity (Wildman–Crippen MR) is 99.0 cm³/mol. The molecule has 0 aliphatic rings. The average molecular weight is 352 g/mol. The van der Waals surface area contributed by atoms with Crippen molar-refractivity contribution >= 4 is 11.9 Å². The molecular weight excluding hydrogens is 332 g/mol. The number of esters is 2. The Bertz CT molecular complexity index is 816. The first-order valence-corrected chi connectivity index (χ1v) is 7.88. The third kappa shape index (κ3) is 5.16. The number of benzene rings is 2. The summed E-state index contributed by atoms with van der Waals surface area (Å²) >= 11 is 0. The van der Waals surface area contributed by atoms with Crippen LogP contribution >= 0.6 is 0 Å². The fourth-order valence-corrected chi connectivity index (χ4v) is 2.04. The lowest BCUT2D eigenvalue weighted by atomic mass is 10.1. The Kier molecular flexibility index (Phi) is 6.47. The number of hydrogen-bond acceptors (Lipinski definition) is 5. The molecule has 5 nitrogen and oxygen atoms in total. The van der Waals surface area contributed by atoms with E-state index >= 15 is 0 Å². The van der Waals surface area contributed by atoms with Crippen LogP contribution in [0.2, 0.25) is 0 Å². The summed E-state index contributed by atoms with van der Waals surface area (Å²) in [4.78, 5) is 23.3. The van der Waals surface area contributed by atoms with Gasteiger partial charge in [0, 0.05) is 12.7 Å². The molecule has 2 aromatic carbocycles. The van der Waals surface area contributed by atoms with Crippen LogP contribution in [-0.2, 0) is 14.3 Å². The second-order valence-electron chi connectivity index (χ2n) is 5.64. The van der Waals surface area contributed by atoms with Gasteiger partial charge in [-0.05, 0) is 42.3 Å².